The van der Waals surface area contributed by atoms with Crippen LogP contribution in [0.1, 0.15) is 19.8 Å². The Balaban J connectivity index is 1.32. The molecule has 0 aliphatic carbocycles. The van der Waals surface area contributed by atoms with E-state index in [1.807, 2.05) is 25.1 Å². The number of aromatic nitrogens is 1. The van der Waals surface area contributed by atoms with Crippen LogP contribution >= 0.6 is 11.3 Å². The third kappa shape index (κ3) is 2.66. The van der Waals surface area contributed by atoms with Crippen molar-refractivity contribution in [3.63, 3.8) is 0 Å². The van der Waals surface area contributed by atoms with Gasteiger partial charge in [-0.15, -0.1) is 0 Å². The Kier molecular flexibility index (Phi) is 3.60. The molecule has 2 aromatic rings. The van der Waals surface area contributed by atoms with E-state index in [9.17, 15) is 0 Å². The van der Waals surface area contributed by atoms with Crippen LogP contribution in [-0.4, -0.2) is 54.3 Å². The lowest BCUT2D eigenvalue weighted by atomic mass is 9.75. The molecule has 3 fully saturated rings. The van der Waals surface area contributed by atoms with Crippen LogP contribution in [0.15, 0.2) is 23.2 Å². The van der Waals surface area contributed by atoms with Crippen LogP contribution in [0.2, 0.25) is 0 Å². The maximum Gasteiger partial charge on any atom is 0.291 e. The van der Waals surface area contributed by atoms with E-state index in [0.717, 1.165) is 34.2 Å². The molecule has 1 spiro atoms. The molecule has 1 aromatic heterocycles. The van der Waals surface area contributed by atoms with Crippen molar-refractivity contribution in [2.45, 2.75) is 25.4 Å². The van der Waals surface area contributed by atoms with Crippen molar-refractivity contribution < 1.29 is 9.47 Å². The van der Waals surface area contributed by atoms with Gasteiger partial charge in [0.15, 0.2) is 5.13 Å². The maximum atomic E-state index is 6.33. The number of nitrogens with zero attached hydrogens (tertiary/aromatic N) is 3. The number of nitrogens with one attached hydrogen (secondary N) is 1. The maximum absolute atomic E-state index is 6.33. The zero-order valence-corrected chi connectivity index (χ0v) is 15.1. The van der Waals surface area contributed by atoms with Crippen molar-refractivity contribution in [1.29, 1.82) is 0 Å². The average molecular weight is 358 g/mol. The van der Waals surface area contributed by atoms with Crippen LogP contribution in [0.4, 0.5) is 5.13 Å². The van der Waals surface area contributed by atoms with E-state index >= 15 is 0 Å². The molecule has 1 atom stereocenters. The van der Waals surface area contributed by atoms with E-state index in [1.165, 1.54) is 25.9 Å². The summed E-state index contributed by atoms with van der Waals surface area (Å²) < 4.78 is 13.0. The minimum atomic E-state index is -0.113. The first-order valence-electron chi connectivity index (χ1n) is 9.00. The van der Waals surface area contributed by atoms with Gasteiger partial charge in [0.05, 0.1) is 23.4 Å². The number of piperidine rings is 3. The molecular weight excluding hydrogens is 336 g/mol. The minimum Gasteiger partial charge on any atom is -0.494 e. The van der Waals surface area contributed by atoms with Crippen LogP contribution in [0.25, 0.3) is 10.2 Å². The standard InChI is InChI=1S/C18H22N4O2S/c1-2-23-13-3-4-14-15(9-13)25-17(20-14)21-16-19-10-18(24-16)11-22-7-5-12(18)6-8-22/h3-4,9,12H,2,5-8,10-11H2,1H3,(H,19,20,21). The van der Waals surface area contributed by atoms with Crippen LogP contribution < -0.4 is 10.1 Å². The summed E-state index contributed by atoms with van der Waals surface area (Å²) in [5.74, 6) is 1.51. The summed E-state index contributed by atoms with van der Waals surface area (Å²) in [6.45, 7) is 6.83. The van der Waals surface area contributed by atoms with Gasteiger partial charge in [0, 0.05) is 12.5 Å². The Morgan fingerprint density at radius 2 is 2.28 bits per heavy atom. The molecule has 0 saturated carbocycles. The van der Waals surface area contributed by atoms with Crippen LogP contribution in [0.3, 0.4) is 0 Å². The van der Waals surface area contributed by atoms with Crippen LogP contribution in [0, 0.1) is 5.92 Å². The van der Waals surface area contributed by atoms with Gasteiger partial charge in [-0.25, -0.2) is 9.98 Å². The molecule has 1 aromatic carbocycles. The number of aliphatic imine (C=N–C) groups is 1. The number of ether oxygens (including phenoxy) is 2. The normalized spacial score (nSPS) is 30.5. The van der Waals surface area contributed by atoms with Gasteiger partial charge in [0.25, 0.3) is 6.02 Å². The molecule has 4 aliphatic heterocycles. The predicted molar refractivity (Wildman–Crippen MR) is 99.7 cm³/mol. The van der Waals surface area contributed by atoms with Gasteiger partial charge in [-0.1, -0.05) is 11.3 Å². The number of fused-ring (bicyclic) bond motifs is 3. The molecule has 132 valence electrons. The Labute approximate surface area is 150 Å². The summed E-state index contributed by atoms with van der Waals surface area (Å²) in [4.78, 5) is 11.8. The Morgan fingerprint density at radius 1 is 1.40 bits per heavy atom. The predicted octanol–water partition coefficient (Wildman–Crippen LogP) is 2.96. The van der Waals surface area contributed by atoms with Gasteiger partial charge in [-0.3, -0.25) is 10.2 Å². The van der Waals surface area contributed by atoms with Crippen molar-refractivity contribution >= 4 is 32.7 Å². The van der Waals surface area contributed by atoms with Gasteiger partial charge < -0.3 is 9.47 Å². The second-order valence-electron chi connectivity index (χ2n) is 7.05. The Hall–Kier alpha value is -1.86. The van der Waals surface area contributed by atoms with E-state index in [1.54, 1.807) is 11.3 Å². The molecule has 2 bridgehead atoms. The lowest BCUT2D eigenvalue weighted by Crippen LogP contribution is -2.61. The number of rotatable bonds is 3. The van der Waals surface area contributed by atoms with Crippen molar-refractivity contribution in [3.8, 4) is 5.75 Å². The van der Waals surface area contributed by atoms with E-state index in [2.05, 4.69) is 20.2 Å². The summed E-state index contributed by atoms with van der Waals surface area (Å²) in [6.07, 6.45) is 2.45. The molecule has 5 heterocycles. The zero-order valence-electron chi connectivity index (χ0n) is 14.3. The quantitative estimate of drug-likeness (QED) is 0.914. The number of hydrogen-bond donors (Lipinski definition) is 1. The van der Waals surface area contributed by atoms with Gasteiger partial charge in [0.1, 0.15) is 11.4 Å². The lowest BCUT2D eigenvalue weighted by Gasteiger charge is -2.50. The molecule has 4 aliphatic rings. The third-order valence-electron chi connectivity index (χ3n) is 5.50. The van der Waals surface area contributed by atoms with E-state index in [4.69, 9.17) is 9.47 Å². The molecule has 6 rings (SSSR count). The first-order chi connectivity index (χ1) is 12.2. The van der Waals surface area contributed by atoms with Gasteiger partial charge in [0.2, 0.25) is 0 Å². The molecule has 3 saturated heterocycles. The summed E-state index contributed by atoms with van der Waals surface area (Å²) in [7, 11) is 0. The second-order valence-corrected chi connectivity index (χ2v) is 8.08. The van der Waals surface area contributed by atoms with E-state index in [-0.39, 0.29) is 5.60 Å². The summed E-state index contributed by atoms with van der Waals surface area (Å²) in [6, 6.07) is 6.61. The highest BCUT2D eigenvalue weighted by atomic mass is 32.1. The zero-order chi connectivity index (χ0) is 16.9. The monoisotopic (exact) mass is 358 g/mol. The molecule has 1 N–H and O–H groups in total. The lowest BCUT2D eigenvalue weighted by molar-refractivity contribution is -0.0829. The Morgan fingerprint density at radius 3 is 3.04 bits per heavy atom. The SMILES string of the molecule is CCOc1ccc2nc(NC3=NCC4(CN5CCC4CC5)O3)sc2c1. The summed E-state index contributed by atoms with van der Waals surface area (Å²) in [5.41, 5.74) is 0.851. The van der Waals surface area contributed by atoms with Crippen LogP contribution in [0.5, 0.6) is 5.75 Å². The molecule has 0 radical (unpaired) electrons. The highest BCUT2D eigenvalue weighted by Crippen LogP contribution is 2.41. The van der Waals surface area contributed by atoms with E-state index in [0.29, 0.717) is 18.5 Å². The molecule has 6 nitrogen and oxygen atoms in total. The van der Waals surface area contributed by atoms with Crippen molar-refractivity contribution in [3.05, 3.63) is 18.2 Å². The van der Waals surface area contributed by atoms with Crippen molar-refractivity contribution in [2.75, 3.05) is 38.1 Å². The van der Waals surface area contributed by atoms with Gasteiger partial charge >= 0.3 is 0 Å². The molecule has 1 unspecified atom stereocenters. The smallest absolute Gasteiger partial charge is 0.291 e. The number of amidine groups is 1. The third-order valence-corrected chi connectivity index (χ3v) is 6.43. The Bertz CT molecular complexity index is 828. The van der Waals surface area contributed by atoms with Gasteiger partial charge in [-0.2, -0.15) is 0 Å². The highest BCUT2D eigenvalue weighted by molar-refractivity contribution is 7.22. The molecule has 25 heavy (non-hydrogen) atoms. The molecular formula is C18H22N4O2S. The largest absolute Gasteiger partial charge is 0.494 e. The number of anilines is 1. The second kappa shape index (κ2) is 5.85. The average Bonchev–Trinajstić information content (AvgIpc) is 3.20. The first-order valence-corrected chi connectivity index (χ1v) is 9.82. The topological polar surface area (TPSA) is 59.0 Å². The fraction of sp³-hybridized carbons (Fsp3) is 0.556. The number of thiazole rings is 1. The van der Waals surface area contributed by atoms with Crippen molar-refractivity contribution in [1.82, 2.24) is 9.88 Å². The molecule has 7 heteroatoms. The summed E-state index contributed by atoms with van der Waals surface area (Å²) >= 11 is 1.60. The summed E-state index contributed by atoms with van der Waals surface area (Å²) in [5, 5.41) is 4.11. The van der Waals surface area contributed by atoms with Crippen molar-refractivity contribution in [2.24, 2.45) is 10.9 Å². The first kappa shape index (κ1) is 15.4. The number of hydrogen-bond acceptors (Lipinski definition) is 7. The fourth-order valence-corrected chi connectivity index (χ4v) is 5.14. The van der Waals surface area contributed by atoms with Gasteiger partial charge in [-0.05, 0) is 51.1 Å². The van der Waals surface area contributed by atoms with Crippen LogP contribution in [-0.2, 0) is 4.74 Å². The van der Waals surface area contributed by atoms with E-state index < -0.39 is 0 Å². The molecule has 0 amide bonds. The minimum absolute atomic E-state index is 0.113. The fourth-order valence-electron chi connectivity index (χ4n) is 4.25. The highest BCUT2D eigenvalue weighted by Gasteiger charge is 2.51. The number of benzene rings is 1.